The van der Waals surface area contributed by atoms with Gasteiger partial charge in [0.1, 0.15) is 5.82 Å². The third-order valence-electron chi connectivity index (χ3n) is 5.35. The van der Waals surface area contributed by atoms with Crippen LogP contribution in [0.15, 0.2) is 18.2 Å². The van der Waals surface area contributed by atoms with Crippen LogP contribution in [0.1, 0.15) is 44.1 Å². The van der Waals surface area contributed by atoms with Crippen LogP contribution in [0.5, 0.6) is 0 Å². The highest BCUT2D eigenvalue weighted by molar-refractivity contribution is 5.91. The fourth-order valence-electron chi connectivity index (χ4n) is 4.17. The highest BCUT2D eigenvalue weighted by Crippen LogP contribution is 2.28. The predicted molar refractivity (Wildman–Crippen MR) is 85.4 cm³/mol. The van der Waals surface area contributed by atoms with Crippen molar-refractivity contribution in [3.63, 3.8) is 0 Å². The van der Waals surface area contributed by atoms with E-state index in [1.165, 1.54) is 49.5 Å². The third kappa shape index (κ3) is 3.49. The van der Waals surface area contributed by atoms with Crippen molar-refractivity contribution in [2.45, 2.75) is 51.5 Å². The van der Waals surface area contributed by atoms with Crippen molar-refractivity contribution in [2.24, 2.45) is 5.92 Å². The summed E-state index contributed by atoms with van der Waals surface area (Å²) >= 11 is 0. The number of anilines is 1. The Morgan fingerprint density at radius 1 is 1.27 bits per heavy atom. The standard InChI is InChI=1S/C18H25FN2O/c1-13-8-9-15(11-16(13)19)20-18(22)12-21-10-4-6-14-5-2-3-7-17(14)21/h8-9,11,14,17H,2-7,10,12H2,1H3,(H,20,22)/p+1/t14-,17+/m1/s1. The Labute approximate surface area is 131 Å². The molecule has 1 saturated carbocycles. The number of carbonyl (C=O) groups excluding carboxylic acids is 1. The number of fused-ring (bicyclic) bond motifs is 1. The van der Waals surface area contributed by atoms with Crippen LogP contribution >= 0.6 is 0 Å². The number of hydrogen-bond acceptors (Lipinski definition) is 1. The number of likely N-dealkylation sites (tertiary alicyclic amines) is 1. The van der Waals surface area contributed by atoms with Gasteiger partial charge in [0.15, 0.2) is 6.54 Å². The summed E-state index contributed by atoms with van der Waals surface area (Å²) in [6.07, 6.45) is 7.80. The number of carbonyl (C=O) groups is 1. The molecule has 1 aliphatic carbocycles. The summed E-state index contributed by atoms with van der Waals surface area (Å²) in [6, 6.07) is 5.53. The maximum absolute atomic E-state index is 13.6. The summed E-state index contributed by atoms with van der Waals surface area (Å²) in [5.41, 5.74) is 1.16. The summed E-state index contributed by atoms with van der Waals surface area (Å²) in [5.74, 6) is 0.544. The third-order valence-corrected chi connectivity index (χ3v) is 5.35. The van der Waals surface area contributed by atoms with Crippen LogP contribution in [-0.2, 0) is 4.79 Å². The number of quaternary nitrogens is 1. The number of aryl methyl sites for hydroxylation is 1. The largest absolute Gasteiger partial charge is 0.324 e. The van der Waals surface area contributed by atoms with Crippen LogP contribution in [0, 0.1) is 18.7 Å². The molecule has 2 aliphatic rings. The van der Waals surface area contributed by atoms with Crippen molar-refractivity contribution < 1.29 is 14.1 Å². The lowest BCUT2D eigenvalue weighted by atomic mass is 9.78. The zero-order valence-electron chi connectivity index (χ0n) is 13.3. The SMILES string of the molecule is Cc1ccc(NC(=O)C[NH+]2CCC[C@H]3CCCC[C@@H]32)cc1F. The fraction of sp³-hybridized carbons (Fsp3) is 0.611. The molecule has 2 N–H and O–H groups in total. The summed E-state index contributed by atoms with van der Waals surface area (Å²) in [6.45, 7) is 3.33. The number of hydrogen-bond donors (Lipinski definition) is 2. The number of benzene rings is 1. The number of halogens is 1. The molecule has 3 atom stereocenters. The minimum absolute atomic E-state index is 0.00414. The van der Waals surface area contributed by atoms with E-state index in [0.717, 1.165) is 12.5 Å². The van der Waals surface area contributed by atoms with E-state index in [1.54, 1.807) is 19.1 Å². The van der Waals surface area contributed by atoms with Crippen molar-refractivity contribution in [1.82, 2.24) is 0 Å². The van der Waals surface area contributed by atoms with E-state index in [4.69, 9.17) is 0 Å². The Morgan fingerprint density at radius 3 is 2.86 bits per heavy atom. The Bertz CT molecular complexity index is 544. The van der Waals surface area contributed by atoms with E-state index in [2.05, 4.69) is 5.32 Å². The lowest BCUT2D eigenvalue weighted by Gasteiger charge is -2.40. The van der Waals surface area contributed by atoms with Crippen LogP contribution in [0.4, 0.5) is 10.1 Å². The molecule has 22 heavy (non-hydrogen) atoms. The van der Waals surface area contributed by atoms with Crippen molar-refractivity contribution in [3.8, 4) is 0 Å². The van der Waals surface area contributed by atoms with E-state index in [-0.39, 0.29) is 11.7 Å². The first-order chi connectivity index (χ1) is 10.6. The minimum atomic E-state index is -0.268. The van der Waals surface area contributed by atoms with Crippen molar-refractivity contribution in [1.29, 1.82) is 0 Å². The Hall–Kier alpha value is -1.42. The second-order valence-electron chi connectivity index (χ2n) is 6.89. The van der Waals surface area contributed by atoms with Gasteiger partial charge in [0.25, 0.3) is 5.91 Å². The molecule has 1 aromatic carbocycles. The molecule has 2 fully saturated rings. The Balaban J connectivity index is 1.59. The molecule has 0 bridgehead atoms. The molecule has 3 rings (SSSR count). The van der Waals surface area contributed by atoms with Gasteiger partial charge in [-0.2, -0.15) is 0 Å². The molecule has 0 aromatic heterocycles. The second-order valence-corrected chi connectivity index (χ2v) is 6.89. The van der Waals surface area contributed by atoms with Gasteiger partial charge in [0.2, 0.25) is 0 Å². The monoisotopic (exact) mass is 305 g/mol. The predicted octanol–water partition coefficient (Wildman–Crippen LogP) is 2.31. The van der Waals surface area contributed by atoms with E-state index >= 15 is 0 Å². The second kappa shape index (κ2) is 6.78. The fourth-order valence-corrected chi connectivity index (χ4v) is 4.17. The van der Waals surface area contributed by atoms with Gasteiger partial charge in [-0.3, -0.25) is 4.79 Å². The normalized spacial score (nSPS) is 28.0. The van der Waals surface area contributed by atoms with Gasteiger partial charge in [-0.1, -0.05) is 12.5 Å². The zero-order valence-corrected chi connectivity index (χ0v) is 13.3. The van der Waals surface area contributed by atoms with Crippen LogP contribution < -0.4 is 10.2 Å². The van der Waals surface area contributed by atoms with Gasteiger partial charge in [0.05, 0.1) is 12.6 Å². The molecule has 1 saturated heterocycles. The summed E-state index contributed by atoms with van der Waals surface area (Å²) < 4.78 is 13.6. The number of amides is 1. The van der Waals surface area contributed by atoms with E-state index in [0.29, 0.717) is 23.8 Å². The highest BCUT2D eigenvalue weighted by Gasteiger charge is 2.37. The summed E-state index contributed by atoms with van der Waals surface area (Å²) in [5, 5.41) is 2.85. The molecule has 0 radical (unpaired) electrons. The van der Waals surface area contributed by atoms with Crippen molar-refractivity contribution >= 4 is 11.6 Å². The van der Waals surface area contributed by atoms with Crippen LogP contribution in [0.3, 0.4) is 0 Å². The van der Waals surface area contributed by atoms with Crippen LogP contribution in [0.2, 0.25) is 0 Å². The number of piperidine rings is 1. The average molecular weight is 305 g/mol. The molecule has 1 heterocycles. The topological polar surface area (TPSA) is 33.5 Å². The van der Waals surface area contributed by atoms with E-state index in [9.17, 15) is 9.18 Å². The van der Waals surface area contributed by atoms with Crippen molar-refractivity contribution in [3.05, 3.63) is 29.6 Å². The molecular weight excluding hydrogens is 279 g/mol. The first-order valence-corrected chi connectivity index (χ1v) is 8.54. The molecule has 4 heteroatoms. The molecule has 120 valence electrons. The number of nitrogens with one attached hydrogen (secondary N) is 2. The van der Waals surface area contributed by atoms with Gasteiger partial charge in [-0.25, -0.2) is 4.39 Å². The summed E-state index contributed by atoms with van der Waals surface area (Å²) in [4.78, 5) is 13.7. The maximum Gasteiger partial charge on any atom is 0.279 e. The zero-order chi connectivity index (χ0) is 15.5. The minimum Gasteiger partial charge on any atom is -0.324 e. The maximum atomic E-state index is 13.6. The van der Waals surface area contributed by atoms with E-state index in [1.807, 2.05) is 0 Å². The molecular formula is C18H26FN2O+. The lowest BCUT2D eigenvalue weighted by Crippen LogP contribution is -3.18. The smallest absolute Gasteiger partial charge is 0.279 e. The summed E-state index contributed by atoms with van der Waals surface area (Å²) in [7, 11) is 0. The molecule has 1 unspecified atom stereocenters. The first-order valence-electron chi connectivity index (χ1n) is 8.54. The van der Waals surface area contributed by atoms with E-state index < -0.39 is 0 Å². The quantitative estimate of drug-likeness (QED) is 0.883. The molecule has 3 nitrogen and oxygen atoms in total. The molecule has 1 aromatic rings. The molecule has 0 spiro atoms. The molecule has 1 aliphatic heterocycles. The van der Waals surface area contributed by atoms with Gasteiger partial charge >= 0.3 is 0 Å². The van der Waals surface area contributed by atoms with Gasteiger partial charge in [0, 0.05) is 11.6 Å². The van der Waals surface area contributed by atoms with Gasteiger partial charge < -0.3 is 10.2 Å². The average Bonchev–Trinajstić information content (AvgIpc) is 2.51. The van der Waals surface area contributed by atoms with Crippen molar-refractivity contribution in [2.75, 3.05) is 18.4 Å². The number of rotatable bonds is 3. The first kappa shape index (κ1) is 15.5. The van der Waals surface area contributed by atoms with Gasteiger partial charge in [-0.15, -0.1) is 0 Å². The van der Waals surface area contributed by atoms with Gasteiger partial charge in [-0.05, 0) is 56.7 Å². The molecule has 1 amide bonds. The van der Waals surface area contributed by atoms with Crippen LogP contribution in [0.25, 0.3) is 0 Å². The Kier molecular flexibility index (Phi) is 4.77. The Morgan fingerprint density at radius 2 is 2.05 bits per heavy atom. The highest BCUT2D eigenvalue weighted by atomic mass is 19.1. The van der Waals surface area contributed by atoms with Crippen LogP contribution in [-0.4, -0.2) is 25.0 Å². The lowest BCUT2D eigenvalue weighted by molar-refractivity contribution is -0.928.